The Balaban J connectivity index is 2.00. The van der Waals surface area contributed by atoms with Crippen LogP contribution in [-0.2, 0) is 14.9 Å². The van der Waals surface area contributed by atoms with E-state index in [0.717, 1.165) is 5.39 Å². The second-order valence-electron chi connectivity index (χ2n) is 7.25. The van der Waals surface area contributed by atoms with Crippen LogP contribution >= 0.6 is 0 Å². The molecule has 28 heavy (non-hydrogen) atoms. The molecule has 1 aliphatic heterocycles. The Morgan fingerprint density at radius 1 is 1.32 bits per heavy atom. The maximum Gasteiger partial charge on any atom is 0.281 e. The number of pyridine rings is 1. The predicted octanol–water partition coefficient (Wildman–Crippen LogP) is 1.55. The molecule has 9 heteroatoms. The van der Waals surface area contributed by atoms with E-state index in [4.69, 9.17) is 4.74 Å². The third-order valence-electron chi connectivity index (χ3n) is 4.55. The summed E-state index contributed by atoms with van der Waals surface area (Å²) >= 11 is 0. The fourth-order valence-electron chi connectivity index (χ4n) is 3.13. The van der Waals surface area contributed by atoms with Crippen LogP contribution in [0.2, 0.25) is 0 Å². The van der Waals surface area contributed by atoms with Gasteiger partial charge in [-0.25, -0.2) is 4.98 Å². The van der Waals surface area contributed by atoms with Gasteiger partial charge in [0.25, 0.3) is 16.1 Å². The second kappa shape index (κ2) is 8.12. The minimum absolute atomic E-state index is 0.00506. The molecule has 1 atom stereocenters. The van der Waals surface area contributed by atoms with E-state index in [1.165, 1.54) is 22.7 Å². The molecule has 0 unspecified atom stereocenters. The summed E-state index contributed by atoms with van der Waals surface area (Å²) in [6.45, 7) is 4.50. The molecular formula is C19H26N4O4S. The number of fused-ring (bicyclic) bond motifs is 1. The number of benzene rings is 1. The van der Waals surface area contributed by atoms with Gasteiger partial charge in [-0.3, -0.25) is 4.79 Å². The van der Waals surface area contributed by atoms with E-state index in [0.29, 0.717) is 16.8 Å². The molecule has 0 aliphatic carbocycles. The van der Waals surface area contributed by atoms with Gasteiger partial charge in [-0.2, -0.15) is 17.0 Å². The lowest BCUT2D eigenvalue weighted by Crippen LogP contribution is -2.47. The third kappa shape index (κ3) is 4.17. The zero-order valence-corrected chi connectivity index (χ0v) is 17.4. The molecule has 2 heterocycles. The van der Waals surface area contributed by atoms with Crippen LogP contribution in [0.4, 0.5) is 0 Å². The van der Waals surface area contributed by atoms with Crippen LogP contribution in [0.25, 0.3) is 10.9 Å². The van der Waals surface area contributed by atoms with Gasteiger partial charge >= 0.3 is 0 Å². The predicted molar refractivity (Wildman–Crippen MR) is 107 cm³/mol. The number of aromatic nitrogens is 1. The van der Waals surface area contributed by atoms with Gasteiger partial charge in [-0.15, -0.1) is 0 Å². The lowest BCUT2D eigenvalue weighted by Gasteiger charge is -2.33. The number of para-hydroxylation sites is 1. The summed E-state index contributed by atoms with van der Waals surface area (Å²) in [6.07, 6.45) is -0.543. The first-order chi connectivity index (χ1) is 13.2. The van der Waals surface area contributed by atoms with Crippen LogP contribution < -0.4 is 5.32 Å². The summed E-state index contributed by atoms with van der Waals surface area (Å²) in [6, 6.07) is 9.10. The molecule has 1 aromatic carbocycles. The van der Waals surface area contributed by atoms with Crippen molar-refractivity contribution in [3.63, 3.8) is 0 Å². The standard InChI is InChI=1S/C19H26N4O4S/c1-13(2)20-19(24)15-11-17(21-16-8-6-5-7-14(15)16)18-12-23(9-10-27-18)28(25,26)22(3)4/h5-8,11,13,18H,9-10,12H2,1-4H3,(H,20,24)/t18-/m1/s1. The van der Waals surface area contributed by atoms with Crippen LogP contribution in [0.3, 0.4) is 0 Å². The van der Waals surface area contributed by atoms with Gasteiger partial charge in [0.05, 0.1) is 23.4 Å². The molecule has 1 saturated heterocycles. The molecule has 1 N–H and O–H groups in total. The van der Waals surface area contributed by atoms with Crippen LogP contribution in [0.15, 0.2) is 30.3 Å². The highest BCUT2D eigenvalue weighted by atomic mass is 32.2. The SMILES string of the molecule is CC(C)NC(=O)c1cc([C@H]2CN(S(=O)(=O)N(C)C)CCO2)nc2ccccc12. The summed E-state index contributed by atoms with van der Waals surface area (Å²) in [4.78, 5) is 17.4. The van der Waals surface area contributed by atoms with Crippen LogP contribution in [-0.4, -0.2) is 67.8 Å². The normalized spacial score (nSPS) is 18.7. The van der Waals surface area contributed by atoms with E-state index >= 15 is 0 Å². The lowest BCUT2D eigenvalue weighted by atomic mass is 10.0. The highest BCUT2D eigenvalue weighted by Gasteiger charge is 2.33. The van der Waals surface area contributed by atoms with Crippen molar-refractivity contribution in [1.82, 2.24) is 18.9 Å². The molecule has 0 saturated carbocycles. The first kappa shape index (κ1) is 20.7. The summed E-state index contributed by atoms with van der Waals surface area (Å²) in [5.41, 5.74) is 1.72. The molecule has 1 aliphatic rings. The molecule has 2 aromatic rings. The molecule has 152 valence electrons. The number of nitrogens with one attached hydrogen (secondary N) is 1. The van der Waals surface area contributed by atoms with Crippen molar-refractivity contribution in [2.45, 2.75) is 26.0 Å². The summed E-state index contributed by atoms with van der Waals surface area (Å²) in [7, 11) is -0.541. The second-order valence-corrected chi connectivity index (χ2v) is 9.39. The summed E-state index contributed by atoms with van der Waals surface area (Å²) in [5, 5.41) is 3.66. The van der Waals surface area contributed by atoms with Gasteiger partial charge < -0.3 is 10.1 Å². The van der Waals surface area contributed by atoms with Crippen molar-refractivity contribution < 1.29 is 17.9 Å². The number of nitrogens with zero attached hydrogens (tertiary/aromatic N) is 3. The van der Waals surface area contributed by atoms with E-state index in [9.17, 15) is 13.2 Å². The average Bonchev–Trinajstić information content (AvgIpc) is 2.66. The highest BCUT2D eigenvalue weighted by Crippen LogP contribution is 2.27. The maximum atomic E-state index is 12.7. The quantitative estimate of drug-likeness (QED) is 0.813. The van der Waals surface area contributed by atoms with Crippen LogP contribution in [0.5, 0.6) is 0 Å². The van der Waals surface area contributed by atoms with Gasteiger partial charge in [0.1, 0.15) is 6.10 Å². The fraction of sp³-hybridized carbons (Fsp3) is 0.474. The van der Waals surface area contributed by atoms with Crippen molar-refractivity contribution in [2.24, 2.45) is 0 Å². The van der Waals surface area contributed by atoms with Crippen molar-refractivity contribution in [2.75, 3.05) is 33.8 Å². The Morgan fingerprint density at radius 3 is 2.71 bits per heavy atom. The average molecular weight is 407 g/mol. The van der Waals surface area contributed by atoms with E-state index < -0.39 is 16.3 Å². The topological polar surface area (TPSA) is 91.8 Å². The van der Waals surface area contributed by atoms with Crippen molar-refractivity contribution >= 4 is 27.0 Å². The Labute approximate surface area is 165 Å². The van der Waals surface area contributed by atoms with Crippen molar-refractivity contribution in [1.29, 1.82) is 0 Å². The van der Waals surface area contributed by atoms with E-state index in [-0.39, 0.29) is 31.6 Å². The molecule has 0 radical (unpaired) electrons. The fourth-order valence-corrected chi connectivity index (χ4v) is 4.22. The van der Waals surface area contributed by atoms with Gasteiger partial charge in [0.15, 0.2) is 0 Å². The van der Waals surface area contributed by atoms with Gasteiger partial charge in [0, 0.05) is 38.6 Å². The minimum Gasteiger partial charge on any atom is -0.369 e. The van der Waals surface area contributed by atoms with Crippen LogP contribution in [0, 0.1) is 0 Å². The van der Waals surface area contributed by atoms with E-state index in [1.54, 1.807) is 6.07 Å². The Morgan fingerprint density at radius 2 is 2.04 bits per heavy atom. The number of carbonyl (C=O) groups excluding carboxylic acids is 1. The molecule has 8 nitrogen and oxygen atoms in total. The number of hydrogen-bond acceptors (Lipinski definition) is 5. The molecule has 1 fully saturated rings. The minimum atomic E-state index is -3.55. The first-order valence-electron chi connectivity index (χ1n) is 9.20. The highest BCUT2D eigenvalue weighted by molar-refractivity contribution is 7.86. The van der Waals surface area contributed by atoms with E-state index in [2.05, 4.69) is 10.3 Å². The van der Waals surface area contributed by atoms with Gasteiger partial charge in [0.2, 0.25) is 0 Å². The lowest BCUT2D eigenvalue weighted by molar-refractivity contribution is -0.00608. The molecule has 0 bridgehead atoms. The number of morpholine rings is 1. The first-order valence-corrected chi connectivity index (χ1v) is 10.6. The zero-order chi connectivity index (χ0) is 20.5. The van der Waals surface area contributed by atoms with E-state index in [1.807, 2.05) is 38.1 Å². The number of rotatable bonds is 5. The molecule has 0 spiro atoms. The Bertz CT molecular complexity index is 975. The van der Waals surface area contributed by atoms with Gasteiger partial charge in [-0.05, 0) is 26.0 Å². The van der Waals surface area contributed by atoms with Crippen molar-refractivity contribution in [3.05, 3.63) is 41.6 Å². The Hall–Kier alpha value is -2.07. The molecule has 3 rings (SSSR count). The number of carbonyl (C=O) groups is 1. The summed E-state index contributed by atoms with van der Waals surface area (Å²) < 4.78 is 33.3. The number of hydrogen-bond donors (Lipinski definition) is 1. The molecule has 1 aromatic heterocycles. The molecule has 1 amide bonds. The maximum absolute atomic E-state index is 12.7. The molecular weight excluding hydrogens is 380 g/mol. The van der Waals surface area contributed by atoms with Gasteiger partial charge in [-0.1, -0.05) is 18.2 Å². The monoisotopic (exact) mass is 406 g/mol. The summed E-state index contributed by atoms with van der Waals surface area (Å²) in [5.74, 6) is -0.191. The smallest absolute Gasteiger partial charge is 0.281 e. The van der Waals surface area contributed by atoms with Crippen molar-refractivity contribution in [3.8, 4) is 0 Å². The largest absolute Gasteiger partial charge is 0.369 e. The number of amides is 1. The third-order valence-corrected chi connectivity index (χ3v) is 6.45. The zero-order valence-electron chi connectivity index (χ0n) is 16.5. The Kier molecular flexibility index (Phi) is 5.99. The van der Waals surface area contributed by atoms with Crippen LogP contribution in [0.1, 0.15) is 36.0 Å². The number of ether oxygens (including phenoxy) is 1.